The molecule has 0 saturated heterocycles. The average Bonchev–Trinajstić information content (AvgIpc) is 3.23. The molecule has 0 aliphatic carbocycles. The van der Waals surface area contributed by atoms with Crippen LogP contribution in [0.2, 0.25) is 0 Å². The Kier molecular flexibility index (Phi) is 3.81. The molecule has 0 fully saturated rings. The molecule has 122 valence electrons. The lowest BCUT2D eigenvalue weighted by Crippen LogP contribution is -2.19. The van der Waals surface area contributed by atoms with Crippen LogP contribution in [0.15, 0.2) is 54.7 Å². The maximum absolute atomic E-state index is 4.37. The maximum Gasteiger partial charge on any atom is 0.102 e. The number of anilines is 1. The number of rotatable bonds is 4. The molecule has 1 aliphatic rings. The third kappa shape index (κ3) is 2.80. The molecule has 2 heterocycles. The molecule has 1 aromatic heterocycles. The van der Waals surface area contributed by atoms with Gasteiger partial charge in [0.1, 0.15) is 5.69 Å². The van der Waals surface area contributed by atoms with Crippen LogP contribution in [-0.2, 0) is 13.0 Å². The highest BCUT2D eigenvalue weighted by molar-refractivity contribution is 5.57. The smallest absolute Gasteiger partial charge is 0.102 e. The van der Waals surface area contributed by atoms with Crippen LogP contribution in [0, 0.1) is 0 Å². The van der Waals surface area contributed by atoms with Gasteiger partial charge in [0.05, 0.1) is 18.4 Å². The van der Waals surface area contributed by atoms with Crippen LogP contribution in [0.3, 0.4) is 0 Å². The van der Waals surface area contributed by atoms with Crippen LogP contribution in [0.4, 0.5) is 5.69 Å². The van der Waals surface area contributed by atoms with Crippen molar-refractivity contribution in [2.45, 2.75) is 32.7 Å². The van der Waals surface area contributed by atoms with Crippen molar-refractivity contribution in [3.8, 4) is 5.69 Å². The topological polar surface area (TPSA) is 34.0 Å². The number of para-hydroxylation sites is 1. The van der Waals surface area contributed by atoms with E-state index in [1.165, 1.54) is 16.8 Å². The van der Waals surface area contributed by atoms with Gasteiger partial charge in [-0.25, -0.2) is 4.68 Å². The number of aromatic nitrogens is 3. The molecule has 0 unspecified atom stereocenters. The van der Waals surface area contributed by atoms with E-state index in [0.717, 1.165) is 30.9 Å². The van der Waals surface area contributed by atoms with Gasteiger partial charge in [0.25, 0.3) is 0 Å². The molecular weight excluding hydrogens is 296 g/mol. The second kappa shape index (κ2) is 6.11. The number of hydrogen-bond acceptors (Lipinski definition) is 3. The minimum atomic E-state index is 0.508. The Morgan fingerprint density at radius 2 is 1.96 bits per heavy atom. The molecule has 0 radical (unpaired) electrons. The van der Waals surface area contributed by atoms with E-state index in [1.807, 2.05) is 10.9 Å². The lowest BCUT2D eigenvalue weighted by molar-refractivity contribution is 0.778. The van der Waals surface area contributed by atoms with Gasteiger partial charge in [0, 0.05) is 12.2 Å². The quantitative estimate of drug-likeness (QED) is 0.730. The van der Waals surface area contributed by atoms with Crippen molar-refractivity contribution >= 4 is 5.69 Å². The first kappa shape index (κ1) is 14.9. The minimum Gasteiger partial charge on any atom is -0.365 e. The lowest BCUT2D eigenvalue weighted by Gasteiger charge is -2.17. The second-order valence-electron chi connectivity index (χ2n) is 6.70. The molecular formula is C20H22N4. The fraction of sp³-hybridized carbons (Fsp3) is 0.300. The predicted octanol–water partition coefficient (Wildman–Crippen LogP) is 3.95. The fourth-order valence-corrected chi connectivity index (χ4v) is 3.29. The monoisotopic (exact) mass is 318 g/mol. The molecule has 4 heteroatoms. The van der Waals surface area contributed by atoms with Crippen LogP contribution in [0.5, 0.6) is 0 Å². The van der Waals surface area contributed by atoms with Gasteiger partial charge in [-0.05, 0) is 41.7 Å². The highest BCUT2D eigenvalue weighted by Crippen LogP contribution is 2.28. The molecule has 4 nitrogen and oxygen atoms in total. The van der Waals surface area contributed by atoms with Crippen molar-refractivity contribution in [3.05, 3.63) is 71.5 Å². The molecule has 0 spiro atoms. The van der Waals surface area contributed by atoms with Crippen LogP contribution in [0.25, 0.3) is 5.69 Å². The van der Waals surface area contributed by atoms with Crippen molar-refractivity contribution in [2.24, 2.45) is 0 Å². The predicted molar refractivity (Wildman–Crippen MR) is 96.6 cm³/mol. The minimum absolute atomic E-state index is 0.508. The van der Waals surface area contributed by atoms with E-state index in [2.05, 4.69) is 77.6 Å². The summed E-state index contributed by atoms with van der Waals surface area (Å²) in [6, 6.07) is 17.1. The van der Waals surface area contributed by atoms with Crippen molar-refractivity contribution in [3.63, 3.8) is 0 Å². The number of fused-ring (bicyclic) bond motifs is 1. The summed E-state index contributed by atoms with van der Waals surface area (Å²) in [6.07, 6.45) is 3.15. The first-order valence-corrected chi connectivity index (χ1v) is 8.55. The zero-order chi connectivity index (χ0) is 16.5. The first-order chi connectivity index (χ1) is 11.7. The normalized spacial score (nSPS) is 13.5. The molecule has 0 bridgehead atoms. The van der Waals surface area contributed by atoms with Gasteiger partial charge in [0.15, 0.2) is 0 Å². The summed E-state index contributed by atoms with van der Waals surface area (Å²) in [5.74, 6) is 0.508. The zero-order valence-corrected chi connectivity index (χ0v) is 14.2. The number of nitrogens with zero attached hydrogens (tertiary/aromatic N) is 4. The van der Waals surface area contributed by atoms with E-state index in [9.17, 15) is 0 Å². The molecule has 2 aromatic carbocycles. The molecule has 3 aromatic rings. The van der Waals surface area contributed by atoms with E-state index in [0.29, 0.717) is 5.92 Å². The van der Waals surface area contributed by atoms with E-state index >= 15 is 0 Å². The number of hydrogen-bond donors (Lipinski definition) is 0. The molecule has 0 saturated carbocycles. The van der Waals surface area contributed by atoms with Gasteiger partial charge in [0.2, 0.25) is 0 Å². The highest BCUT2D eigenvalue weighted by Gasteiger charge is 2.19. The Balaban J connectivity index is 1.55. The third-order valence-corrected chi connectivity index (χ3v) is 4.68. The van der Waals surface area contributed by atoms with Gasteiger partial charge < -0.3 is 4.90 Å². The molecule has 24 heavy (non-hydrogen) atoms. The molecule has 4 rings (SSSR count). The van der Waals surface area contributed by atoms with Crippen LogP contribution in [-0.4, -0.2) is 21.5 Å². The van der Waals surface area contributed by atoms with E-state index < -0.39 is 0 Å². The Morgan fingerprint density at radius 1 is 1.08 bits per heavy atom. The van der Waals surface area contributed by atoms with Gasteiger partial charge in [-0.15, -0.1) is 5.10 Å². The lowest BCUT2D eigenvalue weighted by atomic mass is 10.0. The zero-order valence-electron chi connectivity index (χ0n) is 14.2. The first-order valence-electron chi connectivity index (χ1n) is 8.55. The van der Waals surface area contributed by atoms with Crippen molar-refractivity contribution in [1.29, 1.82) is 0 Å². The molecule has 1 aliphatic heterocycles. The van der Waals surface area contributed by atoms with Crippen LogP contribution < -0.4 is 4.90 Å². The second-order valence-corrected chi connectivity index (χ2v) is 6.70. The Labute approximate surface area is 142 Å². The Hall–Kier alpha value is -2.62. The highest BCUT2D eigenvalue weighted by atomic mass is 15.4. The summed E-state index contributed by atoms with van der Waals surface area (Å²) in [5, 5.41) is 8.70. The summed E-state index contributed by atoms with van der Waals surface area (Å²) in [5.41, 5.74) is 6.14. The molecule has 0 atom stereocenters. The van der Waals surface area contributed by atoms with Gasteiger partial charge in [-0.3, -0.25) is 0 Å². The Morgan fingerprint density at radius 3 is 2.83 bits per heavy atom. The van der Waals surface area contributed by atoms with Crippen LogP contribution in [0.1, 0.15) is 36.6 Å². The largest absolute Gasteiger partial charge is 0.365 e. The molecule has 0 N–H and O–H groups in total. The summed E-state index contributed by atoms with van der Waals surface area (Å²) in [7, 11) is 0. The third-order valence-electron chi connectivity index (χ3n) is 4.68. The molecule has 0 amide bonds. The van der Waals surface area contributed by atoms with Crippen molar-refractivity contribution in [1.82, 2.24) is 15.0 Å². The Bertz CT molecular complexity index is 850. The summed E-state index contributed by atoms with van der Waals surface area (Å²) >= 11 is 0. The summed E-state index contributed by atoms with van der Waals surface area (Å²) in [6.45, 7) is 6.27. The summed E-state index contributed by atoms with van der Waals surface area (Å²) in [4.78, 5) is 2.38. The van der Waals surface area contributed by atoms with E-state index in [1.54, 1.807) is 0 Å². The van der Waals surface area contributed by atoms with Crippen LogP contribution >= 0.6 is 0 Å². The summed E-state index contributed by atoms with van der Waals surface area (Å²) < 4.78 is 1.88. The SMILES string of the molecule is CC(C)c1cccc(-n2cc(CN3CCc4ccccc43)nn2)c1. The van der Waals surface area contributed by atoms with E-state index in [-0.39, 0.29) is 0 Å². The van der Waals surface area contributed by atoms with Gasteiger partial charge >= 0.3 is 0 Å². The van der Waals surface area contributed by atoms with Crippen molar-refractivity contribution in [2.75, 3.05) is 11.4 Å². The van der Waals surface area contributed by atoms with Gasteiger partial charge in [-0.2, -0.15) is 0 Å². The van der Waals surface area contributed by atoms with Gasteiger partial charge in [-0.1, -0.05) is 49.4 Å². The van der Waals surface area contributed by atoms with Crippen molar-refractivity contribution < 1.29 is 0 Å². The van der Waals surface area contributed by atoms with E-state index in [4.69, 9.17) is 0 Å². The standard InChI is InChI=1S/C20H22N4/c1-15(2)17-7-5-8-19(12-17)24-14-18(21-22-24)13-23-11-10-16-6-3-4-9-20(16)23/h3-9,12,14-15H,10-11,13H2,1-2H3. The number of benzene rings is 2. The fourth-order valence-electron chi connectivity index (χ4n) is 3.29. The maximum atomic E-state index is 4.37. The average molecular weight is 318 g/mol.